The predicted octanol–water partition coefficient (Wildman–Crippen LogP) is 4.02. The van der Waals surface area contributed by atoms with Gasteiger partial charge in [-0.2, -0.15) is 0 Å². The van der Waals surface area contributed by atoms with E-state index >= 15 is 0 Å². The molecular formula is C11H22. The van der Waals surface area contributed by atoms with E-state index in [-0.39, 0.29) is 0 Å². The summed E-state index contributed by atoms with van der Waals surface area (Å²) >= 11 is 0. The molecule has 0 heteroatoms. The Labute approximate surface area is 71.7 Å². The minimum Gasteiger partial charge on any atom is -0.0713 e. The summed E-state index contributed by atoms with van der Waals surface area (Å²) in [7, 11) is 0. The first-order valence-electron chi connectivity index (χ1n) is 4.70. The SMILES string of the molecule is CC/C(=C(/C)C(C)C)C(C)C. The molecule has 0 aromatic carbocycles. The third-order valence-corrected chi connectivity index (χ3v) is 2.45. The zero-order valence-corrected chi connectivity index (χ0v) is 8.86. The molecule has 0 aromatic rings. The van der Waals surface area contributed by atoms with Crippen molar-refractivity contribution >= 4 is 0 Å². The first-order chi connectivity index (χ1) is 5.00. The van der Waals surface area contributed by atoms with Gasteiger partial charge in [0.25, 0.3) is 0 Å². The Morgan fingerprint density at radius 2 is 1.45 bits per heavy atom. The smallest absolute Gasteiger partial charge is 0.0258 e. The molecule has 0 aliphatic carbocycles. The van der Waals surface area contributed by atoms with Crippen LogP contribution in [0.5, 0.6) is 0 Å². The van der Waals surface area contributed by atoms with E-state index in [9.17, 15) is 0 Å². The molecule has 0 saturated carbocycles. The monoisotopic (exact) mass is 154 g/mol. The Morgan fingerprint density at radius 1 is 1.00 bits per heavy atom. The van der Waals surface area contributed by atoms with Crippen molar-refractivity contribution in [2.75, 3.05) is 0 Å². The lowest BCUT2D eigenvalue weighted by Gasteiger charge is -2.16. The van der Waals surface area contributed by atoms with Gasteiger partial charge in [-0.05, 0) is 25.2 Å². The third kappa shape index (κ3) is 3.09. The van der Waals surface area contributed by atoms with Crippen molar-refractivity contribution in [3.63, 3.8) is 0 Å². The summed E-state index contributed by atoms with van der Waals surface area (Å²) in [4.78, 5) is 0. The maximum Gasteiger partial charge on any atom is -0.0258 e. The van der Waals surface area contributed by atoms with E-state index in [4.69, 9.17) is 0 Å². The van der Waals surface area contributed by atoms with E-state index in [1.807, 2.05) is 0 Å². The van der Waals surface area contributed by atoms with Gasteiger partial charge in [0.1, 0.15) is 0 Å². The highest BCUT2D eigenvalue weighted by molar-refractivity contribution is 5.15. The largest absolute Gasteiger partial charge is 0.0713 e. The van der Waals surface area contributed by atoms with Crippen LogP contribution in [0.25, 0.3) is 0 Å². The van der Waals surface area contributed by atoms with Crippen molar-refractivity contribution in [3.8, 4) is 0 Å². The van der Waals surface area contributed by atoms with Crippen molar-refractivity contribution < 1.29 is 0 Å². The van der Waals surface area contributed by atoms with Gasteiger partial charge >= 0.3 is 0 Å². The van der Waals surface area contributed by atoms with Crippen molar-refractivity contribution in [3.05, 3.63) is 11.1 Å². The van der Waals surface area contributed by atoms with Crippen molar-refractivity contribution in [1.82, 2.24) is 0 Å². The summed E-state index contributed by atoms with van der Waals surface area (Å²) in [5, 5.41) is 0. The van der Waals surface area contributed by atoms with Crippen LogP contribution in [0.4, 0.5) is 0 Å². The maximum absolute atomic E-state index is 2.28. The molecule has 0 heterocycles. The van der Waals surface area contributed by atoms with Crippen LogP contribution in [0.15, 0.2) is 11.1 Å². The first kappa shape index (κ1) is 10.7. The molecule has 0 amide bonds. The van der Waals surface area contributed by atoms with Gasteiger partial charge in [0.15, 0.2) is 0 Å². The highest BCUT2D eigenvalue weighted by atomic mass is 14.1. The molecule has 0 aliphatic heterocycles. The summed E-state index contributed by atoms with van der Waals surface area (Å²) in [6.45, 7) is 13.6. The highest BCUT2D eigenvalue weighted by Crippen LogP contribution is 2.22. The second-order valence-electron chi connectivity index (χ2n) is 3.87. The van der Waals surface area contributed by atoms with E-state index in [0.29, 0.717) is 5.92 Å². The average Bonchev–Trinajstić information content (AvgIpc) is 1.88. The molecule has 0 bridgehead atoms. The number of hydrogen-bond acceptors (Lipinski definition) is 0. The summed E-state index contributed by atoms with van der Waals surface area (Å²) in [5.41, 5.74) is 3.22. The van der Waals surface area contributed by atoms with Gasteiger partial charge in [-0.3, -0.25) is 0 Å². The molecule has 0 aliphatic rings. The lowest BCUT2D eigenvalue weighted by molar-refractivity contribution is 0.667. The first-order valence-corrected chi connectivity index (χ1v) is 4.70. The topological polar surface area (TPSA) is 0 Å². The maximum atomic E-state index is 2.28. The summed E-state index contributed by atoms with van der Waals surface area (Å²) in [6.07, 6.45) is 1.21. The fourth-order valence-electron chi connectivity index (χ4n) is 1.51. The van der Waals surface area contributed by atoms with Gasteiger partial charge in [0.05, 0.1) is 0 Å². The van der Waals surface area contributed by atoms with E-state index in [1.165, 1.54) is 6.42 Å². The molecule has 0 unspecified atom stereocenters. The zero-order chi connectivity index (χ0) is 9.02. The van der Waals surface area contributed by atoms with Crippen molar-refractivity contribution in [2.45, 2.75) is 48.0 Å². The van der Waals surface area contributed by atoms with Gasteiger partial charge in [-0.25, -0.2) is 0 Å². The van der Waals surface area contributed by atoms with Gasteiger partial charge in [-0.15, -0.1) is 0 Å². The molecule has 0 nitrogen and oxygen atoms in total. The molecule has 11 heavy (non-hydrogen) atoms. The number of allylic oxidation sites excluding steroid dienone is 2. The molecule has 66 valence electrons. The van der Waals surface area contributed by atoms with Gasteiger partial charge in [0, 0.05) is 0 Å². The van der Waals surface area contributed by atoms with Crippen molar-refractivity contribution in [1.29, 1.82) is 0 Å². The molecule has 0 saturated heterocycles. The van der Waals surface area contributed by atoms with E-state index < -0.39 is 0 Å². The fraction of sp³-hybridized carbons (Fsp3) is 0.818. The molecule has 0 atom stereocenters. The van der Waals surface area contributed by atoms with Gasteiger partial charge in [-0.1, -0.05) is 45.8 Å². The van der Waals surface area contributed by atoms with Crippen molar-refractivity contribution in [2.24, 2.45) is 11.8 Å². The Morgan fingerprint density at radius 3 is 1.55 bits per heavy atom. The zero-order valence-electron chi connectivity index (χ0n) is 8.86. The fourth-order valence-corrected chi connectivity index (χ4v) is 1.51. The molecule has 0 spiro atoms. The van der Waals surface area contributed by atoms with Gasteiger partial charge < -0.3 is 0 Å². The quantitative estimate of drug-likeness (QED) is 0.538. The van der Waals surface area contributed by atoms with E-state index in [0.717, 1.165) is 5.92 Å². The standard InChI is InChI=1S/C11H22/c1-7-11(9(4)5)10(6)8(2)3/h8-9H,7H2,1-6H3/b11-10+. The van der Waals surface area contributed by atoms with Gasteiger partial charge in [0.2, 0.25) is 0 Å². The second-order valence-corrected chi connectivity index (χ2v) is 3.87. The molecule has 0 rings (SSSR count). The van der Waals surface area contributed by atoms with Crippen LogP contribution in [-0.2, 0) is 0 Å². The average molecular weight is 154 g/mol. The Balaban J connectivity index is 4.54. The summed E-state index contributed by atoms with van der Waals surface area (Å²) < 4.78 is 0. The van der Waals surface area contributed by atoms with E-state index in [1.54, 1.807) is 11.1 Å². The minimum absolute atomic E-state index is 0.715. The third-order valence-electron chi connectivity index (χ3n) is 2.45. The number of rotatable bonds is 3. The van der Waals surface area contributed by atoms with Crippen LogP contribution in [0.2, 0.25) is 0 Å². The Hall–Kier alpha value is -0.260. The molecule has 0 N–H and O–H groups in total. The molecule has 0 aromatic heterocycles. The Kier molecular flexibility index (Phi) is 4.48. The van der Waals surface area contributed by atoms with Crippen LogP contribution < -0.4 is 0 Å². The van der Waals surface area contributed by atoms with Crippen LogP contribution >= 0.6 is 0 Å². The predicted molar refractivity (Wildman–Crippen MR) is 52.7 cm³/mol. The lowest BCUT2D eigenvalue weighted by atomic mass is 9.90. The summed E-state index contributed by atoms with van der Waals surface area (Å²) in [6, 6.07) is 0. The molecule has 0 fully saturated rings. The minimum atomic E-state index is 0.715. The molecular weight excluding hydrogens is 132 g/mol. The summed E-state index contributed by atoms with van der Waals surface area (Å²) in [5.74, 6) is 1.44. The number of hydrogen-bond donors (Lipinski definition) is 0. The lowest BCUT2D eigenvalue weighted by Crippen LogP contribution is -2.01. The second kappa shape index (κ2) is 4.58. The van der Waals surface area contributed by atoms with Crippen LogP contribution in [0, 0.1) is 11.8 Å². The van der Waals surface area contributed by atoms with Crippen LogP contribution in [-0.4, -0.2) is 0 Å². The molecule has 0 radical (unpaired) electrons. The Bertz CT molecular complexity index is 138. The van der Waals surface area contributed by atoms with Crippen LogP contribution in [0.1, 0.15) is 48.0 Å². The normalized spacial score (nSPS) is 14.2. The van der Waals surface area contributed by atoms with Crippen LogP contribution in [0.3, 0.4) is 0 Å². The van der Waals surface area contributed by atoms with E-state index in [2.05, 4.69) is 41.5 Å². The highest BCUT2D eigenvalue weighted by Gasteiger charge is 2.07.